The van der Waals surface area contributed by atoms with Crippen molar-refractivity contribution >= 4 is 35.6 Å². The number of carbonyl (C=O) groups excluding carboxylic acids is 4. The summed E-state index contributed by atoms with van der Waals surface area (Å²) in [6.45, 7) is 4.12. The number of ether oxygens (including phenoxy) is 2. The fourth-order valence-corrected chi connectivity index (χ4v) is 1.73. The number of rotatable bonds is 8. The molecule has 0 saturated carbocycles. The van der Waals surface area contributed by atoms with Crippen LogP contribution in [0, 0.1) is 0 Å². The van der Waals surface area contributed by atoms with Gasteiger partial charge in [-0.3, -0.25) is 9.59 Å². The van der Waals surface area contributed by atoms with Crippen molar-refractivity contribution in [2.75, 3.05) is 32.1 Å². The smallest absolute Gasteiger partial charge is 0.408 e. The number of thioether (sulfide) groups is 1. The highest BCUT2D eigenvalue weighted by Gasteiger charge is 2.21. The Kier molecular flexibility index (Phi) is 7.55. The van der Waals surface area contributed by atoms with Gasteiger partial charge in [0.15, 0.2) is 0 Å². The quantitative estimate of drug-likeness (QED) is 0.502. The zero-order valence-electron chi connectivity index (χ0n) is 17.1. The first kappa shape index (κ1) is 16.9. The van der Waals surface area contributed by atoms with E-state index in [4.69, 9.17) is 8.85 Å². The summed E-state index contributed by atoms with van der Waals surface area (Å²) >= 11 is 0.503. The lowest BCUT2D eigenvalue weighted by atomic mass is 10.2. The summed E-state index contributed by atoms with van der Waals surface area (Å²) in [6, 6.07) is -1.18. The second-order valence-electron chi connectivity index (χ2n) is 5.59. The first-order chi connectivity index (χ1) is 12.2. The summed E-state index contributed by atoms with van der Waals surface area (Å²) in [4.78, 5) is 46.5. The summed E-state index contributed by atoms with van der Waals surface area (Å²) in [6.07, 6.45) is -3.12. The van der Waals surface area contributed by atoms with Crippen LogP contribution in [-0.4, -0.2) is 67.7 Å². The molecule has 0 aromatic carbocycles. The van der Waals surface area contributed by atoms with Gasteiger partial charge in [-0.25, -0.2) is 9.59 Å². The maximum absolute atomic E-state index is 11.8. The fraction of sp³-hybridized carbons (Fsp3) is 0.714. The molecule has 0 bridgehead atoms. The molecule has 0 heterocycles. The van der Waals surface area contributed by atoms with Crippen molar-refractivity contribution < 1.29 is 32.8 Å². The van der Waals surface area contributed by atoms with Gasteiger partial charge in [0.1, 0.15) is 18.2 Å². The average Bonchev–Trinajstić information content (AvgIpc) is 2.51. The monoisotopic (exact) mass is 366 g/mol. The van der Waals surface area contributed by atoms with Crippen LogP contribution in [0.25, 0.3) is 0 Å². The molecule has 10 heteroatoms. The van der Waals surface area contributed by atoms with E-state index in [1.807, 2.05) is 0 Å². The maximum Gasteiger partial charge on any atom is 0.408 e. The van der Waals surface area contributed by atoms with E-state index in [0.717, 1.165) is 7.11 Å². The summed E-state index contributed by atoms with van der Waals surface area (Å²) in [7, 11) is 1.10. The van der Waals surface area contributed by atoms with Crippen LogP contribution in [0.15, 0.2) is 0 Å². The van der Waals surface area contributed by atoms with Crippen molar-refractivity contribution in [3.8, 4) is 0 Å². The minimum Gasteiger partial charge on any atom is -0.467 e. The number of esters is 1. The summed E-state index contributed by atoms with van der Waals surface area (Å²) in [5.74, 6) is -2.40. The molecule has 0 saturated heterocycles. The third-order valence-corrected chi connectivity index (χ3v) is 2.81. The summed E-state index contributed by atoms with van der Waals surface area (Å²) in [5, 5.41) is 6.75. The molecule has 0 aromatic heterocycles. The molecular weight excluding hydrogens is 338 g/mol. The SMILES string of the molecule is [2H]C([2H])([2H])SC[C@H](NC(=O)CNC(=O)CNC(=O)OC(C)(C)C)C(=O)OC. The number of hydrogen-bond acceptors (Lipinski definition) is 7. The van der Waals surface area contributed by atoms with E-state index in [-0.39, 0.29) is 5.75 Å². The Bertz CT molecular complexity index is 551. The van der Waals surface area contributed by atoms with Crippen molar-refractivity contribution in [2.24, 2.45) is 0 Å². The molecule has 0 fully saturated rings. The van der Waals surface area contributed by atoms with E-state index >= 15 is 0 Å². The van der Waals surface area contributed by atoms with Gasteiger partial charge in [0.05, 0.1) is 13.7 Å². The van der Waals surface area contributed by atoms with E-state index in [0.29, 0.717) is 11.8 Å². The third kappa shape index (κ3) is 10.7. The van der Waals surface area contributed by atoms with Crippen LogP contribution >= 0.6 is 11.8 Å². The molecule has 0 unspecified atom stereocenters. The van der Waals surface area contributed by atoms with Gasteiger partial charge < -0.3 is 25.4 Å². The number of nitrogens with one attached hydrogen (secondary N) is 3. The van der Waals surface area contributed by atoms with Crippen molar-refractivity contribution in [1.82, 2.24) is 16.0 Å². The Morgan fingerprint density at radius 2 is 1.75 bits per heavy atom. The van der Waals surface area contributed by atoms with Crippen LogP contribution in [0.4, 0.5) is 4.79 Å². The van der Waals surface area contributed by atoms with Crippen LogP contribution in [0.5, 0.6) is 0 Å². The van der Waals surface area contributed by atoms with Crippen LogP contribution < -0.4 is 16.0 Å². The molecule has 9 nitrogen and oxygen atoms in total. The molecule has 0 spiro atoms. The zero-order valence-corrected chi connectivity index (χ0v) is 14.9. The lowest BCUT2D eigenvalue weighted by Crippen LogP contribution is -2.48. The Labute approximate surface area is 149 Å². The molecule has 3 amide bonds. The van der Waals surface area contributed by atoms with Gasteiger partial charge in [-0.1, -0.05) is 0 Å². The first-order valence-corrected chi connectivity index (χ1v) is 7.97. The van der Waals surface area contributed by atoms with E-state index < -0.39 is 54.8 Å². The molecule has 3 N–H and O–H groups in total. The highest BCUT2D eigenvalue weighted by Crippen LogP contribution is 2.06. The highest BCUT2D eigenvalue weighted by atomic mass is 32.2. The molecular formula is C14H25N3O6S. The predicted molar refractivity (Wildman–Crippen MR) is 89.6 cm³/mol. The average molecular weight is 366 g/mol. The number of hydrogen-bond donors (Lipinski definition) is 3. The molecule has 0 aromatic rings. The number of alkyl carbamates (subject to hydrolysis) is 1. The first-order valence-electron chi connectivity index (χ1n) is 8.48. The molecule has 138 valence electrons. The molecule has 0 radical (unpaired) electrons. The minimum absolute atomic E-state index is 0.219. The van der Waals surface area contributed by atoms with Crippen LogP contribution in [0.1, 0.15) is 24.9 Å². The molecule has 0 rings (SSSR count). The van der Waals surface area contributed by atoms with Gasteiger partial charge in [-0.15, -0.1) is 0 Å². The highest BCUT2D eigenvalue weighted by molar-refractivity contribution is 7.98. The van der Waals surface area contributed by atoms with Crippen LogP contribution in [0.2, 0.25) is 0 Å². The van der Waals surface area contributed by atoms with Gasteiger partial charge in [0.2, 0.25) is 11.8 Å². The van der Waals surface area contributed by atoms with E-state index in [1.54, 1.807) is 20.8 Å². The van der Waals surface area contributed by atoms with Gasteiger partial charge in [0, 0.05) is 9.87 Å². The van der Waals surface area contributed by atoms with Gasteiger partial charge in [0.25, 0.3) is 0 Å². The van der Waals surface area contributed by atoms with E-state index in [2.05, 4.69) is 20.7 Å². The summed E-state index contributed by atoms with van der Waals surface area (Å²) < 4.78 is 30.8. The largest absolute Gasteiger partial charge is 0.467 e. The van der Waals surface area contributed by atoms with Crippen LogP contribution in [0.3, 0.4) is 0 Å². The Morgan fingerprint density at radius 1 is 1.12 bits per heavy atom. The second-order valence-corrected chi connectivity index (χ2v) is 6.21. The van der Waals surface area contributed by atoms with Gasteiger partial charge in [-0.05, 0) is 27.0 Å². The third-order valence-electron chi connectivity index (χ3n) is 2.31. The maximum atomic E-state index is 11.8. The van der Waals surface area contributed by atoms with Crippen LogP contribution in [-0.2, 0) is 23.9 Å². The van der Waals surface area contributed by atoms with E-state index in [9.17, 15) is 19.2 Å². The Morgan fingerprint density at radius 3 is 2.29 bits per heavy atom. The van der Waals surface area contributed by atoms with Crippen molar-refractivity contribution in [3.05, 3.63) is 0 Å². The fourth-order valence-electron chi connectivity index (χ4n) is 1.35. The normalized spacial score (nSPS) is 14.2. The van der Waals surface area contributed by atoms with Gasteiger partial charge in [-0.2, -0.15) is 11.8 Å². The molecule has 0 aliphatic heterocycles. The van der Waals surface area contributed by atoms with E-state index in [1.165, 1.54) is 0 Å². The summed E-state index contributed by atoms with van der Waals surface area (Å²) in [5.41, 5.74) is -0.712. The number of amides is 3. The number of methoxy groups -OCH3 is 1. The molecule has 24 heavy (non-hydrogen) atoms. The lowest BCUT2D eigenvalue weighted by Gasteiger charge is -2.19. The molecule has 0 aliphatic carbocycles. The molecule has 1 atom stereocenters. The Balaban J connectivity index is 4.35. The zero-order chi connectivity index (χ0) is 21.3. The Hall–Kier alpha value is -1.97. The predicted octanol–water partition coefficient (Wildman–Crippen LogP) is -0.352. The van der Waals surface area contributed by atoms with Crippen molar-refractivity contribution in [3.63, 3.8) is 0 Å². The van der Waals surface area contributed by atoms with Crippen molar-refractivity contribution in [2.45, 2.75) is 32.4 Å². The minimum atomic E-state index is -2.33. The molecule has 0 aliphatic rings. The van der Waals surface area contributed by atoms with Gasteiger partial charge >= 0.3 is 12.1 Å². The number of carbonyl (C=O) groups is 4. The topological polar surface area (TPSA) is 123 Å². The standard InChI is InChI=1S/C14H25N3O6S/c1-14(2,3)23-13(21)16-6-10(18)15-7-11(19)17-9(8-24-5)12(20)22-4/h9H,6-8H2,1-5H3,(H,15,18)(H,16,21)(H,17,19)/t9-/m0/s1/i5D3. The lowest BCUT2D eigenvalue weighted by molar-refractivity contribution is -0.144. The van der Waals surface area contributed by atoms with Crippen molar-refractivity contribution in [1.29, 1.82) is 0 Å². The second kappa shape index (κ2) is 10.7.